The lowest BCUT2D eigenvalue weighted by molar-refractivity contribution is 0.0696. The lowest BCUT2D eigenvalue weighted by Crippen LogP contribution is -1.98. The maximum Gasteiger partial charge on any atom is 0.335 e. The van der Waals surface area contributed by atoms with E-state index in [2.05, 4.69) is 0 Å². The van der Waals surface area contributed by atoms with Gasteiger partial charge in [0.2, 0.25) is 0 Å². The first-order chi connectivity index (χ1) is 7.16. The molecule has 3 heteroatoms. The number of aromatic carboxylic acids is 1. The Morgan fingerprint density at radius 1 is 1.33 bits per heavy atom. The Labute approximate surface area is 87.0 Å². The predicted octanol–water partition coefficient (Wildman–Crippen LogP) is 3.09. The fraction of sp³-hybridized carbons (Fsp3) is 0.250. The fourth-order valence-electron chi connectivity index (χ4n) is 1.83. The van der Waals surface area contributed by atoms with Crippen molar-refractivity contribution in [1.29, 1.82) is 0 Å². The van der Waals surface area contributed by atoms with Crippen LogP contribution in [-0.2, 0) is 0 Å². The van der Waals surface area contributed by atoms with Gasteiger partial charge in [-0.25, -0.2) is 9.18 Å². The van der Waals surface area contributed by atoms with Crippen molar-refractivity contribution < 1.29 is 14.3 Å². The molecule has 0 aromatic heterocycles. The van der Waals surface area contributed by atoms with Crippen LogP contribution >= 0.6 is 0 Å². The molecule has 0 saturated carbocycles. The van der Waals surface area contributed by atoms with Gasteiger partial charge in [0.25, 0.3) is 0 Å². The zero-order valence-electron chi connectivity index (χ0n) is 8.16. The van der Waals surface area contributed by atoms with Crippen molar-refractivity contribution in [2.45, 2.75) is 19.3 Å². The highest BCUT2D eigenvalue weighted by Crippen LogP contribution is 2.28. The molecule has 1 aromatic rings. The van der Waals surface area contributed by atoms with E-state index < -0.39 is 11.8 Å². The molecular formula is C12H11FO2. The standard InChI is InChI=1S/C12H11FO2/c13-11-6-9(8-3-1-2-4-8)5-10(7-11)12(14)15/h3,5-7H,1-2,4H2,(H,14,15). The van der Waals surface area contributed by atoms with Crippen LogP contribution in [-0.4, -0.2) is 11.1 Å². The summed E-state index contributed by atoms with van der Waals surface area (Å²) in [5.74, 6) is -1.58. The van der Waals surface area contributed by atoms with Gasteiger partial charge >= 0.3 is 5.97 Å². The number of carboxylic acids is 1. The van der Waals surface area contributed by atoms with Crippen LogP contribution in [0.25, 0.3) is 5.57 Å². The van der Waals surface area contributed by atoms with Gasteiger partial charge in [0.15, 0.2) is 0 Å². The molecule has 0 radical (unpaired) electrons. The van der Waals surface area contributed by atoms with Gasteiger partial charge in [-0.1, -0.05) is 6.08 Å². The highest BCUT2D eigenvalue weighted by atomic mass is 19.1. The first-order valence-corrected chi connectivity index (χ1v) is 4.90. The molecule has 0 amide bonds. The summed E-state index contributed by atoms with van der Waals surface area (Å²) in [6, 6.07) is 3.97. The molecule has 2 rings (SSSR count). The molecule has 78 valence electrons. The number of hydrogen-bond donors (Lipinski definition) is 1. The van der Waals surface area contributed by atoms with Crippen LogP contribution in [0.5, 0.6) is 0 Å². The summed E-state index contributed by atoms with van der Waals surface area (Å²) in [5, 5.41) is 8.79. The maximum absolute atomic E-state index is 13.2. The summed E-state index contributed by atoms with van der Waals surface area (Å²) < 4.78 is 13.2. The second kappa shape index (κ2) is 3.85. The van der Waals surface area contributed by atoms with Crippen LogP contribution in [0.15, 0.2) is 24.3 Å². The van der Waals surface area contributed by atoms with E-state index in [9.17, 15) is 9.18 Å². The Morgan fingerprint density at radius 3 is 2.73 bits per heavy atom. The topological polar surface area (TPSA) is 37.3 Å². The minimum Gasteiger partial charge on any atom is -0.478 e. The lowest BCUT2D eigenvalue weighted by atomic mass is 10.0. The summed E-state index contributed by atoms with van der Waals surface area (Å²) >= 11 is 0. The first kappa shape index (κ1) is 9.90. The summed E-state index contributed by atoms with van der Waals surface area (Å²) in [7, 11) is 0. The molecule has 2 nitrogen and oxygen atoms in total. The lowest BCUT2D eigenvalue weighted by Gasteiger charge is -2.04. The van der Waals surface area contributed by atoms with E-state index in [-0.39, 0.29) is 5.56 Å². The molecule has 0 aliphatic heterocycles. The van der Waals surface area contributed by atoms with E-state index in [1.165, 1.54) is 12.1 Å². The van der Waals surface area contributed by atoms with E-state index in [0.29, 0.717) is 5.56 Å². The Balaban J connectivity index is 2.43. The molecular weight excluding hydrogens is 195 g/mol. The molecule has 1 aliphatic rings. The number of rotatable bonds is 2. The largest absolute Gasteiger partial charge is 0.478 e. The Hall–Kier alpha value is -1.64. The summed E-state index contributed by atoms with van der Waals surface area (Å²) in [4.78, 5) is 10.7. The van der Waals surface area contributed by atoms with Gasteiger partial charge in [-0.2, -0.15) is 0 Å². The van der Waals surface area contributed by atoms with E-state index in [1.807, 2.05) is 6.08 Å². The van der Waals surface area contributed by atoms with Crippen molar-refractivity contribution in [3.63, 3.8) is 0 Å². The van der Waals surface area contributed by atoms with Crippen LogP contribution < -0.4 is 0 Å². The van der Waals surface area contributed by atoms with Crippen molar-refractivity contribution >= 4 is 11.5 Å². The highest BCUT2D eigenvalue weighted by molar-refractivity contribution is 5.89. The molecule has 1 aliphatic carbocycles. The van der Waals surface area contributed by atoms with Crippen LogP contribution in [0.1, 0.15) is 35.2 Å². The summed E-state index contributed by atoms with van der Waals surface area (Å²) in [6.45, 7) is 0. The van der Waals surface area contributed by atoms with Crippen LogP contribution in [0.3, 0.4) is 0 Å². The van der Waals surface area contributed by atoms with E-state index in [1.54, 1.807) is 0 Å². The second-order valence-electron chi connectivity index (χ2n) is 3.66. The number of hydrogen-bond acceptors (Lipinski definition) is 1. The predicted molar refractivity (Wildman–Crippen MR) is 55.2 cm³/mol. The third kappa shape index (κ3) is 2.06. The number of benzene rings is 1. The average molecular weight is 206 g/mol. The van der Waals surface area contributed by atoms with Gasteiger partial charge in [0.05, 0.1) is 5.56 Å². The zero-order chi connectivity index (χ0) is 10.8. The van der Waals surface area contributed by atoms with E-state index in [4.69, 9.17) is 5.11 Å². The van der Waals surface area contributed by atoms with Gasteiger partial charge in [0, 0.05) is 0 Å². The number of allylic oxidation sites excluding steroid dienone is 2. The third-order valence-electron chi connectivity index (χ3n) is 2.56. The van der Waals surface area contributed by atoms with Crippen molar-refractivity contribution in [2.24, 2.45) is 0 Å². The Kier molecular flexibility index (Phi) is 2.54. The normalized spacial score (nSPS) is 15.1. The van der Waals surface area contributed by atoms with Crippen molar-refractivity contribution in [3.8, 4) is 0 Å². The quantitative estimate of drug-likeness (QED) is 0.807. The van der Waals surface area contributed by atoms with Crippen molar-refractivity contribution in [3.05, 3.63) is 41.2 Å². The van der Waals surface area contributed by atoms with Crippen LogP contribution in [0.4, 0.5) is 4.39 Å². The second-order valence-corrected chi connectivity index (χ2v) is 3.66. The molecule has 0 heterocycles. The van der Waals surface area contributed by atoms with Crippen LogP contribution in [0, 0.1) is 5.82 Å². The maximum atomic E-state index is 13.2. The van der Waals surface area contributed by atoms with Crippen molar-refractivity contribution in [2.75, 3.05) is 0 Å². The fourth-order valence-corrected chi connectivity index (χ4v) is 1.83. The monoisotopic (exact) mass is 206 g/mol. The molecule has 0 saturated heterocycles. The molecule has 0 spiro atoms. The molecule has 15 heavy (non-hydrogen) atoms. The smallest absolute Gasteiger partial charge is 0.335 e. The Bertz CT molecular complexity index is 435. The number of halogens is 1. The molecule has 0 unspecified atom stereocenters. The average Bonchev–Trinajstić information content (AvgIpc) is 2.69. The first-order valence-electron chi connectivity index (χ1n) is 4.90. The molecule has 1 N–H and O–H groups in total. The minimum absolute atomic E-state index is 0.0119. The molecule has 0 atom stereocenters. The van der Waals surface area contributed by atoms with Gasteiger partial charge in [-0.05, 0) is 48.6 Å². The molecule has 1 aromatic carbocycles. The number of carboxylic acid groups (broad SMARTS) is 1. The highest BCUT2D eigenvalue weighted by Gasteiger charge is 2.12. The van der Waals surface area contributed by atoms with Crippen LogP contribution in [0.2, 0.25) is 0 Å². The third-order valence-corrected chi connectivity index (χ3v) is 2.56. The van der Waals surface area contributed by atoms with Crippen molar-refractivity contribution in [1.82, 2.24) is 0 Å². The molecule has 0 fully saturated rings. The van der Waals surface area contributed by atoms with Gasteiger partial charge in [-0.15, -0.1) is 0 Å². The SMILES string of the molecule is O=C(O)c1cc(F)cc(C2=CCCC2)c1. The van der Waals surface area contributed by atoms with Gasteiger partial charge in [-0.3, -0.25) is 0 Å². The summed E-state index contributed by atoms with van der Waals surface area (Å²) in [6.07, 6.45) is 5.01. The summed E-state index contributed by atoms with van der Waals surface area (Å²) in [5.41, 5.74) is 1.76. The minimum atomic E-state index is -1.09. The number of carbonyl (C=O) groups is 1. The van der Waals surface area contributed by atoms with E-state index >= 15 is 0 Å². The van der Waals surface area contributed by atoms with Gasteiger partial charge < -0.3 is 5.11 Å². The zero-order valence-corrected chi connectivity index (χ0v) is 8.16. The Morgan fingerprint density at radius 2 is 2.13 bits per heavy atom. The molecule has 0 bridgehead atoms. The van der Waals surface area contributed by atoms with Gasteiger partial charge in [0.1, 0.15) is 5.82 Å². The van der Waals surface area contributed by atoms with E-state index in [0.717, 1.165) is 30.9 Å².